The number of primary amides is 1. The zero-order valence-corrected chi connectivity index (χ0v) is 10.9. The Bertz CT molecular complexity index is 536. The molecule has 100 valence electrons. The molecule has 0 aliphatic rings. The third kappa shape index (κ3) is 3.42. The first kappa shape index (κ1) is 13.3. The average molecular weight is 258 g/mol. The van der Waals surface area contributed by atoms with E-state index in [9.17, 15) is 4.79 Å². The first-order valence-electron chi connectivity index (χ1n) is 6.26. The van der Waals surface area contributed by atoms with Crippen LogP contribution in [0.3, 0.4) is 0 Å². The first-order valence-corrected chi connectivity index (χ1v) is 6.26. The summed E-state index contributed by atoms with van der Waals surface area (Å²) in [4.78, 5) is 11.0. The van der Waals surface area contributed by atoms with Crippen molar-refractivity contribution in [1.82, 2.24) is 15.1 Å². The lowest BCUT2D eigenvalue weighted by molar-refractivity contribution is -0.121. The molecule has 1 aromatic heterocycles. The van der Waals surface area contributed by atoms with Gasteiger partial charge in [0.2, 0.25) is 5.91 Å². The van der Waals surface area contributed by atoms with Crippen LogP contribution in [0.15, 0.2) is 42.7 Å². The molecule has 0 spiro atoms. The molecule has 0 aliphatic heterocycles. The Kier molecular flexibility index (Phi) is 4.30. The molecule has 0 bridgehead atoms. The lowest BCUT2D eigenvalue weighted by Crippen LogP contribution is -2.30. The number of hydrogen-bond acceptors (Lipinski definition) is 3. The Morgan fingerprint density at radius 1 is 1.42 bits per heavy atom. The van der Waals surface area contributed by atoms with Crippen LogP contribution in [0.4, 0.5) is 0 Å². The second kappa shape index (κ2) is 6.15. The summed E-state index contributed by atoms with van der Waals surface area (Å²) in [5.41, 5.74) is 7.39. The van der Waals surface area contributed by atoms with Crippen LogP contribution in [0, 0.1) is 5.92 Å². The lowest BCUT2D eigenvalue weighted by Gasteiger charge is -2.12. The van der Waals surface area contributed by atoms with Crippen molar-refractivity contribution < 1.29 is 4.79 Å². The van der Waals surface area contributed by atoms with E-state index in [4.69, 9.17) is 5.73 Å². The van der Waals surface area contributed by atoms with Crippen LogP contribution < -0.4 is 11.1 Å². The van der Waals surface area contributed by atoms with Crippen molar-refractivity contribution in [2.24, 2.45) is 11.7 Å². The van der Waals surface area contributed by atoms with Gasteiger partial charge in [0.25, 0.3) is 0 Å². The number of benzene rings is 1. The Morgan fingerprint density at radius 3 is 2.89 bits per heavy atom. The number of amides is 1. The summed E-state index contributed by atoms with van der Waals surface area (Å²) in [7, 11) is 0. The molecular formula is C14H18N4O. The largest absolute Gasteiger partial charge is 0.369 e. The molecule has 5 nitrogen and oxygen atoms in total. The molecular weight excluding hydrogens is 240 g/mol. The fourth-order valence-corrected chi connectivity index (χ4v) is 1.82. The zero-order chi connectivity index (χ0) is 13.7. The van der Waals surface area contributed by atoms with E-state index in [1.54, 1.807) is 6.20 Å². The van der Waals surface area contributed by atoms with Crippen molar-refractivity contribution in [3.63, 3.8) is 0 Å². The summed E-state index contributed by atoms with van der Waals surface area (Å²) in [6.07, 6.45) is 3.66. The van der Waals surface area contributed by atoms with Gasteiger partial charge in [-0.3, -0.25) is 4.79 Å². The van der Waals surface area contributed by atoms with Crippen LogP contribution in [0.2, 0.25) is 0 Å². The highest BCUT2D eigenvalue weighted by Crippen LogP contribution is 2.13. The van der Waals surface area contributed by atoms with Crippen LogP contribution in [-0.4, -0.2) is 22.2 Å². The van der Waals surface area contributed by atoms with Gasteiger partial charge in [-0.05, 0) is 17.7 Å². The molecule has 2 aromatic rings. The number of hydrogen-bond donors (Lipinski definition) is 2. The highest BCUT2D eigenvalue weighted by Gasteiger charge is 2.09. The van der Waals surface area contributed by atoms with Gasteiger partial charge in [0.05, 0.1) is 5.69 Å². The third-order valence-corrected chi connectivity index (χ3v) is 2.99. The SMILES string of the molecule is CC(CNCc1ccccc1-n1cccn1)C(N)=O. The number of carbonyl (C=O) groups is 1. The van der Waals surface area contributed by atoms with Crippen LogP contribution in [0.25, 0.3) is 5.69 Å². The second-order valence-corrected chi connectivity index (χ2v) is 4.51. The summed E-state index contributed by atoms with van der Waals surface area (Å²) in [6, 6.07) is 9.91. The molecule has 0 saturated carbocycles. The second-order valence-electron chi connectivity index (χ2n) is 4.51. The van der Waals surface area contributed by atoms with E-state index >= 15 is 0 Å². The molecule has 5 heteroatoms. The molecule has 0 radical (unpaired) electrons. The van der Waals surface area contributed by atoms with Gasteiger partial charge >= 0.3 is 0 Å². The molecule has 0 fully saturated rings. The molecule has 0 saturated heterocycles. The number of carbonyl (C=O) groups excluding carboxylic acids is 1. The standard InChI is InChI=1S/C14H18N4O/c1-11(14(15)19)9-16-10-12-5-2-3-6-13(12)18-8-4-7-17-18/h2-8,11,16H,9-10H2,1H3,(H2,15,19). The van der Waals surface area contributed by atoms with Crippen molar-refractivity contribution in [3.8, 4) is 5.69 Å². The number of nitrogens with two attached hydrogens (primary N) is 1. The Morgan fingerprint density at radius 2 is 2.21 bits per heavy atom. The highest BCUT2D eigenvalue weighted by atomic mass is 16.1. The number of para-hydroxylation sites is 1. The molecule has 1 unspecified atom stereocenters. The summed E-state index contributed by atoms with van der Waals surface area (Å²) in [6.45, 7) is 3.06. The molecule has 1 heterocycles. The van der Waals surface area contributed by atoms with Crippen molar-refractivity contribution in [3.05, 3.63) is 48.3 Å². The average Bonchev–Trinajstić information content (AvgIpc) is 2.93. The maximum atomic E-state index is 11.0. The predicted octanol–water partition coefficient (Wildman–Crippen LogP) is 1.08. The number of nitrogens with one attached hydrogen (secondary N) is 1. The van der Waals surface area contributed by atoms with Gasteiger partial charge in [0, 0.05) is 31.4 Å². The van der Waals surface area contributed by atoms with Crippen LogP contribution >= 0.6 is 0 Å². The summed E-state index contributed by atoms with van der Waals surface area (Å²) >= 11 is 0. The molecule has 3 N–H and O–H groups in total. The van der Waals surface area contributed by atoms with Gasteiger partial charge in [0.15, 0.2) is 0 Å². The first-order chi connectivity index (χ1) is 9.18. The lowest BCUT2D eigenvalue weighted by atomic mass is 10.1. The van der Waals surface area contributed by atoms with Crippen molar-refractivity contribution in [1.29, 1.82) is 0 Å². The van der Waals surface area contributed by atoms with Crippen molar-refractivity contribution >= 4 is 5.91 Å². The van der Waals surface area contributed by atoms with Gasteiger partial charge in [0.1, 0.15) is 0 Å². The molecule has 1 atom stereocenters. The maximum Gasteiger partial charge on any atom is 0.221 e. The fraction of sp³-hybridized carbons (Fsp3) is 0.286. The molecule has 1 aromatic carbocycles. The molecule has 2 rings (SSSR count). The van der Waals surface area contributed by atoms with E-state index in [0.717, 1.165) is 11.3 Å². The normalized spacial score (nSPS) is 12.3. The van der Waals surface area contributed by atoms with Gasteiger partial charge in [-0.25, -0.2) is 4.68 Å². The van der Waals surface area contributed by atoms with E-state index in [1.165, 1.54) is 0 Å². The number of nitrogens with zero attached hydrogens (tertiary/aromatic N) is 2. The Labute approximate surface area is 112 Å². The quantitative estimate of drug-likeness (QED) is 0.814. The van der Waals surface area contributed by atoms with Crippen LogP contribution in [-0.2, 0) is 11.3 Å². The van der Waals surface area contributed by atoms with E-state index in [0.29, 0.717) is 13.1 Å². The van der Waals surface area contributed by atoms with Gasteiger partial charge < -0.3 is 11.1 Å². The van der Waals surface area contributed by atoms with E-state index in [2.05, 4.69) is 10.4 Å². The van der Waals surface area contributed by atoms with Gasteiger partial charge in [-0.1, -0.05) is 25.1 Å². The zero-order valence-electron chi connectivity index (χ0n) is 10.9. The van der Waals surface area contributed by atoms with Crippen LogP contribution in [0.5, 0.6) is 0 Å². The maximum absolute atomic E-state index is 11.0. The minimum Gasteiger partial charge on any atom is -0.369 e. The monoisotopic (exact) mass is 258 g/mol. The van der Waals surface area contributed by atoms with E-state index in [-0.39, 0.29) is 11.8 Å². The smallest absolute Gasteiger partial charge is 0.221 e. The molecule has 0 aliphatic carbocycles. The topological polar surface area (TPSA) is 72.9 Å². The Balaban J connectivity index is 2.03. The Hall–Kier alpha value is -2.14. The van der Waals surface area contributed by atoms with Gasteiger partial charge in [-0.2, -0.15) is 5.10 Å². The van der Waals surface area contributed by atoms with E-state index < -0.39 is 0 Å². The molecule has 19 heavy (non-hydrogen) atoms. The third-order valence-electron chi connectivity index (χ3n) is 2.99. The minimum absolute atomic E-state index is 0.170. The highest BCUT2D eigenvalue weighted by molar-refractivity contribution is 5.76. The summed E-state index contributed by atoms with van der Waals surface area (Å²) in [5.74, 6) is -0.454. The predicted molar refractivity (Wildman–Crippen MR) is 73.6 cm³/mol. The van der Waals surface area contributed by atoms with Crippen molar-refractivity contribution in [2.45, 2.75) is 13.5 Å². The fourth-order valence-electron chi connectivity index (χ4n) is 1.82. The molecule has 1 amide bonds. The van der Waals surface area contributed by atoms with E-state index in [1.807, 2.05) is 48.1 Å². The van der Waals surface area contributed by atoms with Crippen LogP contribution in [0.1, 0.15) is 12.5 Å². The number of rotatable bonds is 6. The summed E-state index contributed by atoms with van der Waals surface area (Å²) in [5, 5.41) is 7.48. The number of aromatic nitrogens is 2. The van der Waals surface area contributed by atoms with Gasteiger partial charge in [-0.15, -0.1) is 0 Å². The minimum atomic E-state index is -0.284. The van der Waals surface area contributed by atoms with Crippen molar-refractivity contribution in [2.75, 3.05) is 6.54 Å². The summed E-state index contributed by atoms with van der Waals surface area (Å²) < 4.78 is 1.83.